The van der Waals surface area contributed by atoms with E-state index in [2.05, 4.69) is 10.1 Å². The van der Waals surface area contributed by atoms with Crippen molar-refractivity contribution < 1.29 is 27.9 Å². The summed E-state index contributed by atoms with van der Waals surface area (Å²) in [5.41, 5.74) is 2.70. The molecule has 0 bridgehead atoms. The molecule has 0 aliphatic carbocycles. The van der Waals surface area contributed by atoms with Gasteiger partial charge in [-0.15, -0.1) is 0 Å². The van der Waals surface area contributed by atoms with E-state index in [4.69, 9.17) is 23.2 Å². The highest BCUT2D eigenvalue weighted by molar-refractivity contribution is 7.99. The van der Waals surface area contributed by atoms with E-state index in [0.717, 1.165) is 11.1 Å². The van der Waals surface area contributed by atoms with Crippen molar-refractivity contribution in [2.24, 2.45) is 0 Å². The maximum absolute atomic E-state index is 12.0. The van der Waals surface area contributed by atoms with E-state index in [1.54, 1.807) is 32.4 Å². The quantitative estimate of drug-likeness (QED) is 0.301. The van der Waals surface area contributed by atoms with Gasteiger partial charge in [0.2, 0.25) is 0 Å². The molecule has 0 aliphatic rings. The Labute approximate surface area is 176 Å². The number of benzene rings is 2. The van der Waals surface area contributed by atoms with Gasteiger partial charge < -0.3 is 23.2 Å². The van der Waals surface area contributed by atoms with Gasteiger partial charge in [-0.25, -0.2) is 4.98 Å². The Morgan fingerprint density at radius 1 is 1.07 bits per heavy atom. The van der Waals surface area contributed by atoms with Gasteiger partial charge in [0.05, 0.1) is 14.2 Å². The second-order valence-electron chi connectivity index (χ2n) is 6.15. The number of fused-ring (bicyclic) bond motifs is 1. The SMILES string of the molecule is COc1ccc(-c2cc(COC(=O)CSc3nc4ccccc4o3)no2)cc1OC. The molecule has 30 heavy (non-hydrogen) atoms. The molecule has 2 aromatic carbocycles. The van der Waals surface area contributed by atoms with Gasteiger partial charge in [-0.1, -0.05) is 29.1 Å². The van der Waals surface area contributed by atoms with Crippen LogP contribution in [-0.4, -0.2) is 36.1 Å². The van der Waals surface area contributed by atoms with Crippen LogP contribution in [0.4, 0.5) is 0 Å². The number of carbonyl (C=O) groups is 1. The Kier molecular flexibility index (Phi) is 5.89. The number of ether oxygens (including phenoxy) is 3. The highest BCUT2D eigenvalue weighted by Crippen LogP contribution is 2.32. The molecule has 8 nitrogen and oxygen atoms in total. The largest absolute Gasteiger partial charge is 0.493 e. The molecule has 0 radical (unpaired) electrons. The fourth-order valence-electron chi connectivity index (χ4n) is 2.73. The van der Waals surface area contributed by atoms with Crippen LogP contribution >= 0.6 is 11.8 Å². The number of hydrogen-bond acceptors (Lipinski definition) is 9. The number of carbonyl (C=O) groups excluding carboxylic acids is 1. The summed E-state index contributed by atoms with van der Waals surface area (Å²) in [4.78, 5) is 16.3. The van der Waals surface area contributed by atoms with Crippen LogP contribution < -0.4 is 9.47 Å². The topological polar surface area (TPSA) is 96.8 Å². The number of rotatable bonds is 8. The predicted molar refractivity (Wildman–Crippen MR) is 110 cm³/mol. The molecular weight excluding hydrogens is 408 g/mol. The van der Waals surface area contributed by atoms with E-state index in [1.165, 1.54) is 11.8 Å². The number of nitrogens with zero attached hydrogens (tertiary/aromatic N) is 2. The Morgan fingerprint density at radius 3 is 2.70 bits per heavy atom. The third kappa shape index (κ3) is 4.41. The summed E-state index contributed by atoms with van der Waals surface area (Å²) in [7, 11) is 3.13. The molecule has 0 fully saturated rings. The van der Waals surface area contributed by atoms with Crippen LogP contribution in [0.25, 0.3) is 22.4 Å². The summed E-state index contributed by atoms with van der Waals surface area (Å²) < 4.78 is 26.7. The van der Waals surface area contributed by atoms with E-state index in [-0.39, 0.29) is 12.4 Å². The minimum absolute atomic E-state index is 0.00371. The van der Waals surface area contributed by atoms with Crippen molar-refractivity contribution in [3.8, 4) is 22.8 Å². The lowest BCUT2D eigenvalue weighted by Gasteiger charge is -2.07. The van der Waals surface area contributed by atoms with E-state index in [9.17, 15) is 4.79 Å². The number of thioether (sulfide) groups is 1. The zero-order chi connectivity index (χ0) is 20.9. The van der Waals surface area contributed by atoms with Gasteiger partial charge in [-0.2, -0.15) is 0 Å². The molecular formula is C21H18N2O6S. The van der Waals surface area contributed by atoms with Crippen LogP contribution in [0.3, 0.4) is 0 Å². The molecule has 2 heterocycles. The predicted octanol–water partition coefficient (Wildman–Crippen LogP) is 4.34. The summed E-state index contributed by atoms with van der Waals surface area (Å²) >= 11 is 1.18. The fourth-order valence-corrected chi connectivity index (χ4v) is 3.37. The van der Waals surface area contributed by atoms with E-state index in [0.29, 0.717) is 33.8 Å². The first kappa shape index (κ1) is 19.8. The standard InChI is InChI=1S/C21H18N2O6S/c1-25-17-8-7-13(9-19(17)26-2)18-10-14(23-29-18)11-27-20(24)12-30-21-22-15-5-3-4-6-16(15)28-21/h3-10H,11-12H2,1-2H3. The lowest BCUT2D eigenvalue weighted by atomic mass is 10.1. The number of aromatic nitrogens is 2. The van der Waals surface area contributed by atoms with Crippen molar-refractivity contribution in [3.63, 3.8) is 0 Å². The van der Waals surface area contributed by atoms with Gasteiger partial charge >= 0.3 is 5.97 Å². The van der Waals surface area contributed by atoms with Gasteiger partial charge in [0.15, 0.2) is 22.8 Å². The Balaban J connectivity index is 1.32. The summed E-state index contributed by atoms with van der Waals surface area (Å²) in [6, 6.07) is 14.5. The highest BCUT2D eigenvalue weighted by atomic mass is 32.2. The van der Waals surface area contributed by atoms with Crippen molar-refractivity contribution in [2.45, 2.75) is 11.8 Å². The Morgan fingerprint density at radius 2 is 1.90 bits per heavy atom. The molecule has 154 valence electrons. The summed E-state index contributed by atoms with van der Waals surface area (Å²) in [6.07, 6.45) is 0. The molecule has 4 rings (SSSR count). The average Bonchev–Trinajstić information content (AvgIpc) is 3.42. The number of hydrogen-bond donors (Lipinski definition) is 0. The van der Waals surface area contributed by atoms with Crippen molar-refractivity contribution in [1.82, 2.24) is 10.1 Å². The van der Waals surface area contributed by atoms with E-state index < -0.39 is 5.97 Å². The van der Waals surface area contributed by atoms with Crippen LogP contribution in [0.1, 0.15) is 5.69 Å². The minimum atomic E-state index is -0.405. The number of oxazole rings is 1. The third-order valence-corrected chi connectivity index (χ3v) is 5.00. The smallest absolute Gasteiger partial charge is 0.316 e. The number of para-hydroxylation sites is 2. The molecule has 0 spiro atoms. The van der Waals surface area contributed by atoms with Crippen LogP contribution in [0.5, 0.6) is 11.5 Å². The van der Waals surface area contributed by atoms with Crippen molar-refractivity contribution >= 4 is 28.8 Å². The average molecular weight is 426 g/mol. The summed E-state index contributed by atoms with van der Waals surface area (Å²) in [5.74, 6) is 1.40. The normalized spacial score (nSPS) is 10.9. The van der Waals surface area contributed by atoms with Gasteiger partial charge in [0.1, 0.15) is 23.6 Å². The lowest BCUT2D eigenvalue weighted by molar-refractivity contribution is -0.141. The zero-order valence-corrected chi connectivity index (χ0v) is 17.1. The first-order valence-electron chi connectivity index (χ1n) is 8.98. The monoisotopic (exact) mass is 426 g/mol. The van der Waals surface area contributed by atoms with Crippen molar-refractivity contribution in [1.29, 1.82) is 0 Å². The fraction of sp³-hybridized carbons (Fsp3) is 0.190. The maximum atomic E-state index is 12.0. The second kappa shape index (κ2) is 8.91. The molecule has 0 amide bonds. The van der Waals surface area contributed by atoms with Gasteiger partial charge in [0.25, 0.3) is 5.22 Å². The second-order valence-corrected chi connectivity index (χ2v) is 7.08. The minimum Gasteiger partial charge on any atom is -0.493 e. The van der Waals surface area contributed by atoms with Crippen LogP contribution in [-0.2, 0) is 16.1 Å². The molecule has 2 aromatic heterocycles. The molecule has 0 unspecified atom stereocenters. The van der Waals surface area contributed by atoms with Crippen LogP contribution in [0.2, 0.25) is 0 Å². The molecule has 0 N–H and O–H groups in total. The Hall–Kier alpha value is -3.46. The Bertz CT molecular complexity index is 1140. The van der Waals surface area contributed by atoms with Crippen LogP contribution in [0, 0.1) is 0 Å². The number of esters is 1. The molecule has 0 aliphatic heterocycles. The van der Waals surface area contributed by atoms with Crippen molar-refractivity contribution in [3.05, 3.63) is 54.2 Å². The maximum Gasteiger partial charge on any atom is 0.316 e. The molecule has 0 atom stereocenters. The van der Waals surface area contributed by atoms with E-state index in [1.807, 2.05) is 30.3 Å². The van der Waals surface area contributed by atoms with Gasteiger partial charge in [-0.05, 0) is 30.3 Å². The van der Waals surface area contributed by atoms with Crippen molar-refractivity contribution in [2.75, 3.05) is 20.0 Å². The van der Waals surface area contributed by atoms with E-state index >= 15 is 0 Å². The van der Waals surface area contributed by atoms with Crippen LogP contribution in [0.15, 0.2) is 62.7 Å². The summed E-state index contributed by atoms with van der Waals surface area (Å²) in [6.45, 7) is 0.00371. The molecule has 0 saturated carbocycles. The molecule has 0 saturated heterocycles. The third-order valence-electron chi connectivity index (χ3n) is 4.20. The van der Waals surface area contributed by atoms with Gasteiger partial charge in [0, 0.05) is 11.6 Å². The first-order chi connectivity index (χ1) is 14.7. The lowest BCUT2D eigenvalue weighted by Crippen LogP contribution is -2.07. The highest BCUT2D eigenvalue weighted by Gasteiger charge is 2.14. The first-order valence-corrected chi connectivity index (χ1v) is 9.97. The van der Waals surface area contributed by atoms with Gasteiger partial charge in [-0.3, -0.25) is 4.79 Å². The number of methoxy groups -OCH3 is 2. The zero-order valence-electron chi connectivity index (χ0n) is 16.3. The molecule has 9 heteroatoms. The molecule has 4 aromatic rings. The summed E-state index contributed by atoms with van der Waals surface area (Å²) in [5, 5.41) is 4.37.